The highest BCUT2D eigenvalue weighted by Crippen LogP contribution is 2.18. The number of nitrogens with zero attached hydrogens (tertiary/aromatic N) is 2. The number of carbonyl (C=O) groups is 1. The van der Waals surface area contributed by atoms with Gasteiger partial charge in [-0.25, -0.2) is 0 Å². The molecule has 1 N–H and O–H groups in total. The minimum Gasteiger partial charge on any atom is -0.341 e. The van der Waals surface area contributed by atoms with Crippen LogP contribution >= 0.6 is 0 Å². The standard InChI is InChI=1S/C24H47N3O/c1-4-6-8-10-11-12-13-15-17-19-24(28)26-22(3)27-21-20-25-23(27)18-16-14-9-7-5-2/h20,22-23H,4-19,21H2,1-3H3,(H,26,28). The van der Waals surface area contributed by atoms with Gasteiger partial charge in [0.25, 0.3) is 0 Å². The Bertz CT molecular complexity index is 411. The van der Waals surface area contributed by atoms with Crippen LogP contribution in [0.4, 0.5) is 0 Å². The lowest BCUT2D eigenvalue weighted by molar-refractivity contribution is -0.123. The van der Waals surface area contributed by atoms with Gasteiger partial charge in [0.1, 0.15) is 6.17 Å². The zero-order valence-corrected chi connectivity index (χ0v) is 19.1. The summed E-state index contributed by atoms with van der Waals surface area (Å²) in [5.41, 5.74) is 0. The van der Waals surface area contributed by atoms with E-state index in [2.05, 4.69) is 36.0 Å². The van der Waals surface area contributed by atoms with E-state index < -0.39 is 0 Å². The molecular weight excluding hydrogens is 346 g/mol. The highest BCUT2D eigenvalue weighted by atomic mass is 16.1. The third-order valence-electron chi connectivity index (χ3n) is 5.89. The van der Waals surface area contributed by atoms with Crippen molar-refractivity contribution in [3.63, 3.8) is 0 Å². The maximum atomic E-state index is 12.3. The van der Waals surface area contributed by atoms with E-state index in [-0.39, 0.29) is 18.2 Å². The highest BCUT2D eigenvalue weighted by Gasteiger charge is 2.26. The molecule has 0 saturated heterocycles. The fourth-order valence-electron chi connectivity index (χ4n) is 4.04. The van der Waals surface area contributed by atoms with Gasteiger partial charge in [0.2, 0.25) is 5.91 Å². The van der Waals surface area contributed by atoms with E-state index in [4.69, 9.17) is 0 Å². The average molecular weight is 394 g/mol. The summed E-state index contributed by atoms with van der Waals surface area (Å²) in [4.78, 5) is 19.2. The van der Waals surface area contributed by atoms with E-state index >= 15 is 0 Å². The second kappa shape index (κ2) is 17.0. The number of carbonyl (C=O) groups excluding carboxylic acids is 1. The van der Waals surface area contributed by atoms with E-state index in [1.165, 1.54) is 83.5 Å². The van der Waals surface area contributed by atoms with Crippen molar-refractivity contribution >= 4 is 12.1 Å². The Morgan fingerprint density at radius 3 is 2.07 bits per heavy atom. The second-order valence-electron chi connectivity index (χ2n) is 8.53. The summed E-state index contributed by atoms with van der Waals surface area (Å²) in [6.07, 6.45) is 22.2. The molecule has 28 heavy (non-hydrogen) atoms. The third-order valence-corrected chi connectivity index (χ3v) is 5.89. The smallest absolute Gasteiger partial charge is 0.221 e. The lowest BCUT2D eigenvalue weighted by Crippen LogP contribution is -2.48. The first-order chi connectivity index (χ1) is 13.7. The molecule has 1 aliphatic heterocycles. The Balaban J connectivity index is 2.08. The molecule has 2 atom stereocenters. The molecule has 2 unspecified atom stereocenters. The topological polar surface area (TPSA) is 44.7 Å². The van der Waals surface area contributed by atoms with Crippen LogP contribution in [0.2, 0.25) is 0 Å². The highest BCUT2D eigenvalue weighted by molar-refractivity contribution is 5.76. The van der Waals surface area contributed by atoms with Crippen molar-refractivity contribution in [3.8, 4) is 0 Å². The van der Waals surface area contributed by atoms with Crippen LogP contribution in [-0.4, -0.2) is 35.9 Å². The summed E-state index contributed by atoms with van der Waals surface area (Å²) < 4.78 is 0. The van der Waals surface area contributed by atoms with Crippen molar-refractivity contribution < 1.29 is 4.79 Å². The molecular formula is C24H47N3O. The predicted molar refractivity (Wildman–Crippen MR) is 122 cm³/mol. The number of hydrogen-bond acceptors (Lipinski definition) is 3. The average Bonchev–Trinajstić information content (AvgIpc) is 3.15. The fraction of sp³-hybridized carbons (Fsp3) is 0.917. The SMILES string of the molecule is CCCCCCCCCCCC(=O)NC(C)N1CC=NC1CCCCCCC. The fourth-order valence-corrected chi connectivity index (χ4v) is 4.04. The predicted octanol–water partition coefficient (Wildman–Crippen LogP) is 6.44. The van der Waals surface area contributed by atoms with Gasteiger partial charge in [-0.15, -0.1) is 0 Å². The van der Waals surface area contributed by atoms with Gasteiger partial charge in [-0.1, -0.05) is 90.9 Å². The molecule has 164 valence electrons. The number of unbranched alkanes of at least 4 members (excludes halogenated alkanes) is 12. The van der Waals surface area contributed by atoms with Gasteiger partial charge in [-0.3, -0.25) is 14.7 Å². The van der Waals surface area contributed by atoms with Crippen LogP contribution in [0.3, 0.4) is 0 Å². The van der Waals surface area contributed by atoms with Gasteiger partial charge >= 0.3 is 0 Å². The van der Waals surface area contributed by atoms with Gasteiger partial charge in [-0.05, 0) is 26.2 Å². The first-order valence-electron chi connectivity index (χ1n) is 12.3. The molecule has 0 saturated carbocycles. The van der Waals surface area contributed by atoms with Crippen molar-refractivity contribution in [2.24, 2.45) is 4.99 Å². The van der Waals surface area contributed by atoms with E-state index in [1.54, 1.807) is 0 Å². The number of hydrogen-bond donors (Lipinski definition) is 1. The van der Waals surface area contributed by atoms with E-state index in [0.29, 0.717) is 6.42 Å². The number of amides is 1. The first kappa shape index (κ1) is 25.1. The van der Waals surface area contributed by atoms with Gasteiger partial charge in [0, 0.05) is 19.2 Å². The molecule has 0 spiro atoms. The van der Waals surface area contributed by atoms with E-state index in [1.807, 2.05) is 6.21 Å². The molecule has 1 rings (SSSR count). The number of rotatable bonds is 18. The Hall–Kier alpha value is -0.900. The van der Waals surface area contributed by atoms with E-state index in [0.717, 1.165) is 19.4 Å². The lowest BCUT2D eigenvalue weighted by Gasteiger charge is -2.30. The summed E-state index contributed by atoms with van der Waals surface area (Å²) in [5, 5.41) is 3.19. The molecule has 1 heterocycles. The van der Waals surface area contributed by atoms with Crippen molar-refractivity contribution in [2.45, 2.75) is 136 Å². The summed E-state index contributed by atoms with van der Waals surface area (Å²) in [5.74, 6) is 0.198. The molecule has 4 heteroatoms. The summed E-state index contributed by atoms with van der Waals surface area (Å²) in [7, 11) is 0. The first-order valence-corrected chi connectivity index (χ1v) is 12.3. The second-order valence-corrected chi connectivity index (χ2v) is 8.53. The van der Waals surface area contributed by atoms with Crippen LogP contribution < -0.4 is 5.32 Å². The Labute approximate surface area is 174 Å². The Morgan fingerprint density at radius 2 is 1.46 bits per heavy atom. The van der Waals surface area contributed by atoms with Gasteiger partial charge in [0.05, 0.1) is 6.17 Å². The third kappa shape index (κ3) is 11.8. The monoisotopic (exact) mass is 393 g/mol. The van der Waals surface area contributed by atoms with Crippen molar-refractivity contribution in [1.82, 2.24) is 10.2 Å². The van der Waals surface area contributed by atoms with Crippen molar-refractivity contribution in [3.05, 3.63) is 0 Å². The number of aliphatic imine (C=N–C) groups is 1. The maximum Gasteiger partial charge on any atom is 0.221 e. The Morgan fingerprint density at radius 1 is 0.929 bits per heavy atom. The van der Waals surface area contributed by atoms with Gasteiger partial charge in [0.15, 0.2) is 0 Å². The minimum absolute atomic E-state index is 0.0780. The van der Waals surface area contributed by atoms with Gasteiger partial charge in [-0.2, -0.15) is 0 Å². The summed E-state index contributed by atoms with van der Waals surface area (Å²) in [6.45, 7) is 7.48. The molecule has 0 aromatic rings. The molecule has 1 aliphatic rings. The van der Waals surface area contributed by atoms with Crippen LogP contribution in [0.1, 0.15) is 124 Å². The van der Waals surface area contributed by atoms with E-state index in [9.17, 15) is 4.79 Å². The molecule has 0 radical (unpaired) electrons. The van der Waals surface area contributed by atoms with Crippen molar-refractivity contribution in [1.29, 1.82) is 0 Å². The quantitative estimate of drug-likeness (QED) is 0.272. The molecule has 0 aromatic carbocycles. The Kier molecular flexibility index (Phi) is 15.3. The zero-order chi connectivity index (χ0) is 20.5. The minimum atomic E-state index is 0.0780. The zero-order valence-electron chi connectivity index (χ0n) is 19.1. The maximum absolute atomic E-state index is 12.3. The molecule has 4 nitrogen and oxygen atoms in total. The molecule has 1 amide bonds. The van der Waals surface area contributed by atoms with Gasteiger partial charge < -0.3 is 5.32 Å². The summed E-state index contributed by atoms with van der Waals surface area (Å²) >= 11 is 0. The normalized spacial score (nSPS) is 17.9. The van der Waals surface area contributed by atoms with Crippen LogP contribution in [0.25, 0.3) is 0 Å². The molecule has 0 aliphatic carbocycles. The van der Waals surface area contributed by atoms with Crippen LogP contribution in [-0.2, 0) is 4.79 Å². The summed E-state index contributed by atoms with van der Waals surface area (Å²) in [6, 6.07) is 0. The molecule has 0 fully saturated rings. The number of nitrogens with one attached hydrogen (secondary N) is 1. The molecule has 0 bridgehead atoms. The van der Waals surface area contributed by atoms with Crippen LogP contribution in [0, 0.1) is 0 Å². The van der Waals surface area contributed by atoms with Crippen LogP contribution in [0.5, 0.6) is 0 Å². The lowest BCUT2D eigenvalue weighted by atomic mass is 10.1. The van der Waals surface area contributed by atoms with Crippen molar-refractivity contribution in [2.75, 3.05) is 6.54 Å². The largest absolute Gasteiger partial charge is 0.341 e. The van der Waals surface area contributed by atoms with Crippen LogP contribution in [0.15, 0.2) is 4.99 Å². The molecule has 0 aromatic heterocycles.